The predicted octanol–water partition coefficient (Wildman–Crippen LogP) is 2.21. The molecule has 0 unspecified atom stereocenters. The van der Waals surface area contributed by atoms with Gasteiger partial charge in [0.1, 0.15) is 5.82 Å². The third-order valence-electron chi connectivity index (χ3n) is 3.45. The summed E-state index contributed by atoms with van der Waals surface area (Å²) in [5.41, 5.74) is 0.726. The normalized spacial score (nSPS) is 14.8. The van der Waals surface area contributed by atoms with E-state index in [0.717, 1.165) is 18.6 Å². The maximum Gasteiger partial charge on any atom is 0.254 e. The molecule has 1 fully saturated rings. The molecule has 22 heavy (non-hydrogen) atoms. The SMILES string of the molecule is CCCSNc1ccc(C(=O)N2CCN(C=O)CC2)cc1F. The summed E-state index contributed by atoms with van der Waals surface area (Å²) in [5, 5.41) is 0. The summed E-state index contributed by atoms with van der Waals surface area (Å²) in [7, 11) is 0. The minimum Gasteiger partial charge on any atom is -0.342 e. The largest absolute Gasteiger partial charge is 0.342 e. The number of halogens is 1. The first kappa shape index (κ1) is 16.6. The van der Waals surface area contributed by atoms with Gasteiger partial charge in [-0.1, -0.05) is 18.9 Å². The molecule has 0 radical (unpaired) electrons. The number of amides is 2. The van der Waals surface area contributed by atoms with E-state index in [0.29, 0.717) is 37.4 Å². The third-order valence-corrected chi connectivity index (χ3v) is 4.43. The van der Waals surface area contributed by atoms with Crippen LogP contribution < -0.4 is 4.72 Å². The molecule has 1 saturated heterocycles. The summed E-state index contributed by atoms with van der Waals surface area (Å²) in [4.78, 5) is 26.3. The van der Waals surface area contributed by atoms with Crippen molar-refractivity contribution in [3.05, 3.63) is 29.6 Å². The minimum atomic E-state index is -0.430. The lowest BCUT2D eigenvalue weighted by atomic mass is 10.1. The number of nitrogens with zero attached hydrogens (tertiary/aromatic N) is 2. The molecule has 1 aliphatic rings. The minimum absolute atomic E-state index is 0.197. The Morgan fingerprint density at radius 1 is 1.36 bits per heavy atom. The zero-order chi connectivity index (χ0) is 15.9. The van der Waals surface area contributed by atoms with Gasteiger partial charge in [0.05, 0.1) is 5.69 Å². The molecule has 2 amide bonds. The Bertz CT molecular complexity index is 534. The highest BCUT2D eigenvalue weighted by molar-refractivity contribution is 8.00. The van der Waals surface area contributed by atoms with Crippen LogP contribution in [-0.2, 0) is 4.79 Å². The second kappa shape index (κ2) is 8.03. The second-order valence-corrected chi connectivity index (χ2v) is 5.98. The number of carbonyl (C=O) groups is 2. The molecular formula is C15H20FN3O2S. The molecule has 1 aromatic carbocycles. The van der Waals surface area contributed by atoms with E-state index in [1.165, 1.54) is 18.0 Å². The van der Waals surface area contributed by atoms with E-state index < -0.39 is 5.82 Å². The molecule has 0 spiro atoms. The van der Waals surface area contributed by atoms with E-state index in [4.69, 9.17) is 0 Å². The lowest BCUT2D eigenvalue weighted by molar-refractivity contribution is -0.119. The maximum atomic E-state index is 14.0. The van der Waals surface area contributed by atoms with Gasteiger partial charge in [-0.15, -0.1) is 0 Å². The van der Waals surface area contributed by atoms with Crippen LogP contribution in [0.3, 0.4) is 0 Å². The van der Waals surface area contributed by atoms with Crippen molar-refractivity contribution in [2.75, 3.05) is 36.7 Å². The zero-order valence-corrected chi connectivity index (χ0v) is 13.4. The number of anilines is 1. The third kappa shape index (κ3) is 4.13. The highest BCUT2D eigenvalue weighted by atomic mass is 32.2. The van der Waals surface area contributed by atoms with Gasteiger partial charge in [-0.25, -0.2) is 4.39 Å². The van der Waals surface area contributed by atoms with Gasteiger partial charge in [0.25, 0.3) is 5.91 Å². The average molecular weight is 325 g/mol. The van der Waals surface area contributed by atoms with E-state index in [1.807, 2.05) is 0 Å². The molecule has 7 heteroatoms. The quantitative estimate of drug-likeness (QED) is 0.495. The van der Waals surface area contributed by atoms with Crippen LogP contribution in [0.25, 0.3) is 0 Å². The molecule has 0 aromatic heterocycles. The van der Waals surface area contributed by atoms with Crippen LogP contribution in [0.4, 0.5) is 10.1 Å². The molecule has 0 bridgehead atoms. The van der Waals surface area contributed by atoms with Gasteiger partial charge in [-0.05, 0) is 24.6 Å². The standard InChI is InChI=1S/C15H20FN3O2S/c1-2-9-22-17-14-4-3-12(10-13(14)16)15(21)19-7-5-18(11-20)6-8-19/h3-4,10-11,17H,2,5-9H2,1H3. The molecule has 0 atom stereocenters. The molecule has 0 saturated carbocycles. The first-order valence-electron chi connectivity index (χ1n) is 7.31. The number of hydrogen-bond acceptors (Lipinski definition) is 4. The van der Waals surface area contributed by atoms with Crippen molar-refractivity contribution in [3.63, 3.8) is 0 Å². The number of piperazine rings is 1. The van der Waals surface area contributed by atoms with Crippen LogP contribution in [0.2, 0.25) is 0 Å². The smallest absolute Gasteiger partial charge is 0.254 e. The number of benzene rings is 1. The Morgan fingerprint density at radius 3 is 2.68 bits per heavy atom. The molecule has 0 aliphatic carbocycles. The fraction of sp³-hybridized carbons (Fsp3) is 0.467. The van der Waals surface area contributed by atoms with Gasteiger partial charge in [0.2, 0.25) is 6.41 Å². The van der Waals surface area contributed by atoms with Gasteiger partial charge >= 0.3 is 0 Å². The van der Waals surface area contributed by atoms with Crippen molar-refractivity contribution in [2.45, 2.75) is 13.3 Å². The Labute approximate surface area is 134 Å². The first-order valence-corrected chi connectivity index (χ1v) is 8.30. The van der Waals surface area contributed by atoms with Gasteiger partial charge in [-0.2, -0.15) is 0 Å². The topological polar surface area (TPSA) is 52.7 Å². The Balaban J connectivity index is 1.98. The van der Waals surface area contributed by atoms with Gasteiger partial charge in [0, 0.05) is 37.5 Å². The Hall–Kier alpha value is -1.76. The molecule has 5 nitrogen and oxygen atoms in total. The van der Waals surface area contributed by atoms with Crippen molar-refractivity contribution in [2.24, 2.45) is 0 Å². The van der Waals surface area contributed by atoms with E-state index in [2.05, 4.69) is 11.6 Å². The van der Waals surface area contributed by atoms with Crippen LogP contribution in [0.15, 0.2) is 18.2 Å². The molecule has 1 heterocycles. The summed E-state index contributed by atoms with van der Waals surface area (Å²) >= 11 is 1.44. The highest BCUT2D eigenvalue weighted by Crippen LogP contribution is 2.20. The average Bonchev–Trinajstić information content (AvgIpc) is 2.56. The monoisotopic (exact) mass is 325 g/mol. The first-order chi connectivity index (χ1) is 10.7. The van der Waals surface area contributed by atoms with E-state index in [9.17, 15) is 14.0 Å². The Morgan fingerprint density at radius 2 is 2.09 bits per heavy atom. The van der Waals surface area contributed by atoms with Gasteiger partial charge in [0.15, 0.2) is 0 Å². The summed E-state index contributed by atoms with van der Waals surface area (Å²) in [6, 6.07) is 4.49. The van der Waals surface area contributed by atoms with Crippen molar-refractivity contribution >= 4 is 30.0 Å². The number of rotatable bonds is 6. The second-order valence-electron chi connectivity index (χ2n) is 5.08. The molecule has 1 aliphatic heterocycles. The van der Waals surface area contributed by atoms with Crippen LogP contribution >= 0.6 is 11.9 Å². The van der Waals surface area contributed by atoms with Gasteiger partial charge < -0.3 is 14.5 Å². The van der Waals surface area contributed by atoms with Crippen LogP contribution in [0.5, 0.6) is 0 Å². The number of hydrogen-bond donors (Lipinski definition) is 1. The van der Waals surface area contributed by atoms with Crippen molar-refractivity contribution in [3.8, 4) is 0 Å². The van der Waals surface area contributed by atoms with E-state index in [1.54, 1.807) is 21.9 Å². The van der Waals surface area contributed by atoms with Crippen LogP contribution in [0, 0.1) is 5.82 Å². The molecular weight excluding hydrogens is 305 g/mol. The molecule has 1 N–H and O–H groups in total. The summed E-state index contributed by atoms with van der Waals surface area (Å²) in [5.74, 6) is 0.263. The maximum absolute atomic E-state index is 14.0. The van der Waals surface area contributed by atoms with Crippen molar-refractivity contribution < 1.29 is 14.0 Å². The van der Waals surface area contributed by atoms with Crippen molar-refractivity contribution in [1.29, 1.82) is 0 Å². The summed E-state index contributed by atoms with van der Waals surface area (Å²) in [6.45, 7) is 4.05. The number of nitrogens with one attached hydrogen (secondary N) is 1. The van der Waals surface area contributed by atoms with Gasteiger partial charge in [-0.3, -0.25) is 9.59 Å². The summed E-state index contributed by atoms with van der Waals surface area (Å²) in [6.07, 6.45) is 1.79. The molecule has 1 aromatic rings. The van der Waals surface area contributed by atoms with Crippen molar-refractivity contribution in [1.82, 2.24) is 9.80 Å². The molecule has 120 valence electrons. The lowest BCUT2D eigenvalue weighted by Crippen LogP contribution is -2.48. The lowest BCUT2D eigenvalue weighted by Gasteiger charge is -2.32. The van der Waals surface area contributed by atoms with Crippen LogP contribution in [-0.4, -0.2) is 54.0 Å². The van der Waals surface area contributed by atoms with E-state index in [-0.39, 0.29) is 5.91 Å². The predicted molar refractivity (Wildman–Crippen MR) is 86.3 cm³/mol. The zero-order valence-electron chi connectivity index (χ0n) is 12.5. The van der Waals surface area contributed by atoms with Crippen LogP contribution in [0.1, 0.15) is 23.7 Å². The molecule has 2 rings (SSSR count). The highest BCUT2D eigenvalue weighted by Gasteiger charge is 2.22. The fourth-order valence-electron chi connectivity index (χ4n) is 2.17. The Kier molecular flexibility index (Phi) is 6.06. The van der Waals surface area contributed by atoms with E-state index >= 15 is 0 Å². The summed E-state index contributed by atoms with van der Waals surface area (Å²) < 4.78 is 17.0. The number of carbonyl (C=O) groups excluding carboxylic acids is 2. The fourth-order valence-corrected chi connectivity index (χ4v) is 2.80.